The second kappa shape index (κ2) is 14.1. The van der Waals surface area contributed by atoms with Gasteiger partial charge in [-0.15, -0.1) is 24.0 Å². The maximum absolute atomic E-state index is 11.9. The van der Waals surface area contributed by atoms with Crippen LogP contribution in [0.4, 0.5) is 0 Å². The summed E-state index contributed by atoms with van der Waals surface area (Å²) in [6.07, 6.45) is 1.12. The van der Waals surface area contributed by atoms with Crippen molar-refractivity contribution in [2.75, 3.05) is 27.2 Å². The number of nitrogens with zero attached hydrogens (tertiary/aromatic N) is 1. The number of nitrogens with one attached hydrogen (secondary N) is 3. The van der Waals surface area contributed by atoms with Crippen LogP contribution in [-0.4, -0.2) is 39.1 Å². The SMILES string of the molecule is CN=C(NCCC(=O)NCc1ccccc1)NCCc1ccc(OC)cc1Cl.I. The Kier molecular flexibility index (Phi) is 12.1. The molecule has 0 aliphatic heterocycles. The van der Waals surface area contributed by atoms with Gasteiger partial charge < -0.3 is 20.7 Å². The molecule has 0 spiro atoms. The fraction of sp³-hybridized carbons (Fsp3) is 0.333. The molecule has 0 saturated carbocycles. The van der Waals surface area contributed by atoms with Crippen molar-refractivity contribution in [1.82, 2.24) is 16.0 Å². The lowest BCUT2D eigenvalue weighted by Gasteiger charge is -2.13. The summed E-state index contributed by atoms with van der Waals surface area (Å²) >= 11 is 6.25. The van der Waals surface area contributed by atoms with Crippen LogP contribution in [0.15, 0.2) is 53.5 Å². The Bertz CT molecular complexity index is 788. The maximum Gasteiger partial charge on any atom is 0.222 e. The highest BCUT2D eigenvalue weighted by molar-refractivity contribution is 14.0. The summed E-state index contributed by atoms with van der Waals surface area (Å²) in [5.74, 6) is 1.39. The number of hydrogen-bond donors (Lipinski definition) is 3. The smallest absolute Gasteiger partial charge is 0.222 e. The molecule has 29 heavy (non-hydrogen) atoms. The van der Waals surface area contributed by atoms with Crippen LogP contribution >= 0.6 is 35.6 Å². The predicted molar refractivity (Wildman–Crippen MR) is 129 cm³/mol. The third-order valence-electron chi connectivity index (χ3n) is 4.15. The number of hydrogen-bond acceptors (Lipinski definition) is 3. The normalized spacial score (nSPS) is 10.7. The highest BCUT2D eigenvalue weighted by atomic mass is 127. The largest absolute Gasteiger partial charge is 0.497 e. The lowest BCUT2D eigenvalue weighted by molar-refractivity contribution is -0.121. The first-order chi connectivity index (χ1) is 13.6. The van der Waals surface area contributed by atoms with Gasteiger partial charge in [-0.05, 0) is 29.7 Å². The van der Waals surface area contributed by atoms with Gasteiger partial charge >= 0.3 is 0 Å². The van der Waals surface area contributed by atoms with E-state index in [0.29, 0.717) is 37.0 Å². The molecule has 158 valence electrons. The lowest BCUT2D eigenvalue weighted by atomic mass is 10.1. The summed E-state index contributed by atoms with van der Waals surface area (Å²) in [5.41, 5.74) is 2.11. The van der Waals surface area contributed by atoms with Gasteiger partial charge in [0, 0.05) is 38.1 Å². The van der Waals surface area contributed by atoms with E-state index >= 15 is 0 Å². The standard InChI is InChI=1S/C21H27ClN4O2.HI/c1-23-21(24-12-10-17-8-9-18(28-2)14-19(17)22)25-13-11-20(27)26-15-16-6-4-3-5-7-16;/h3-9,14H,10-13,15H2,1-2H3,(H,26,27)(H2,23,24,25);1H. The average molecular weight is 531 g/mol. The van der Waals surface area contributed by atoms with Crippen LogP contribution in [-0.2, 0) is 17.8 Å². The van der Waals surface area contributed by atoms with E-state index in [-0.39, 0.29) is 29.9 Å². The van der Waals surface area contributed by atoms with Crippen LogP contribution in [0.5, 0.6) is 5.75 Å². The van der Waals surface area contributed by atoms with Crippen molar-refractivity contribution in [2.45, 2.75) is 19.4 Å². The van der Waals surface area contributed by atoms with Crippen molar-refractivity contribution >= 4 is 47.4 Å². The topological polar surface area (TPSA) is 74.8 Å². The van der Waals surface area contributed by atoms with E-state index < -0.39 is 0 Å². The van der Waals surface area contributed by atoms with Crippen molar-refractivity contribution in [2.24, 2.45) is 4.99 Å². The van der Waals surface area contributed by atoms with E-state index in [4.69, 9.17) is 16.3 Å². The summed E-state index contributed by atoms with van der Waals surface area (Å²) in [5, 5.41) is 9.95. The second-order valence-corrected chi connectivity index (χ2v) is 6.55. The van der Waals surface area contributed by atoms with Gasteiger partial charge in [-0.25, -0.2) is 0 Å². The van der Waals surface area contributed by atoms with Gasteiger partial charge in [0.15, 0.2) is 5.96 Å². The molecule has 6 nitrogen and oxygen atoms in total. The van der Waals surface area contributed by atoms with Gasteiger partial charge in [-0.3, -0.25) is 9.79 Å². The molecule has 0 aromatic heterocycles. The van der Waals surface area contributed by atoms with Crippen molar-refractivity contribution < 1.29 is 9.53 Å². The number of methoxy groups -OCH3 is 1. The molecule has 2 aromatic carbocycles. The third kappa shape index (κ3) is 9.36. The summed E-state index contributed by atoms with van der Waals surface area (Å²) in [6.45, 7) is 1.71. The highest BCUT2D eigenvalue weighted by Gasteiger charge is 2.05. The number of rotatable bonds is 9. The molecule has 0 bridgehead atoms. The number of carbonyl (C=O) groups excluding carboxylic acids is 1. The lowest BCUT2D eigenvalue weighted by Crippen LogP contribution is -2.40. The quantitative estimate of drug-likeness (QED) is 0.264. The minimum Gasteiger partial charge on any atom is -0.497 e. The Balaban J connectivity index is 0.00000420. The Labute approximate surface area is 194 Å². The molecule has 0 atom stereocenters. The molecular formula is C21H28ClIN4O2. The highest BCUT2D eigenvalue weighted by Crippen LogP contribution is 2.22. The summed E-state index contributed by atoms with van der Waals surface area (Å²) < 4.78 is 5.15. The van der Waals surface area contributed by atoms with Gasteiger partial charge in [0.25, 0.3) is 0 Å². The Hall–Kier alpha value is -2.00. The van der Waals surface area contributed by atoms with Crippen LogP contribution in [0.1, 0.15) is 17.5 Å². The molecule has 0 radical (unpaired) electrons. The molecule has 2 rings (SSSR count). The van der Waals surface area contributed by atoms with Gasteiger partial charge in [0.05, 0.1) is 7.11 Å². The number of amides is 1. The monoisotopic (exact) mass is 530 g/mol. The zero-order valence-corrected chi connectivity index (χ0v) is 19.8. The van der Waals surface area contributed by atoms with Gasteiger partial charge in [0.1, 0.15) is 5.75 Å². The van der Waals surface area contributed by atoms with Crippen molar-refractivity contribution in [3.63, 3.8) is 0 Å². The van der Waals surface area contributed by atoms with Crippen molar-refractivity contribution in [1.29, 1.82) is 0 Å². The zero-order chi connectivity index (χ0) is 20.2. The molecule has 0 heterocycles. The molecule has 8 heteroatoms. The fourth-order valence-corrected chi connectivity index (χ4v) is 2.84. The maximum atomic E-state index is 11.9. The molecule has 0 aliphatic carbocycles. The van der Waals surface area contributed by atoms with E-state index in [1.807, 2.05) is 42.5 Å². The first kappa shape index (κ1) is 25.0. The molecule has 0 fully saturated rings. The van der Waals surface area contributed by atoms with E-state index in [2.05, 4.69) is 20.9 Å². The molecule has 0 unspecified atom stereocenters. The summed E-state index contributed by atoms with van der Waals surface area (Å²) in [4.78, 5) is 16.1. The number of halogens is 2. The van der Waals surface area contributed by atoms with Crippen molar-refractivity contribution in [3.05, 3.63) is 64.7 Å². The second-order valence-electron chi connectivity index (χ2n) is 6.15. The zero-order valence-electron chi connectivity index (χ0n) is 16.7. The average Bonchev–Trinajstić information content (AvgIpc) is 2.72. The molecule has 0 aliphatic rings. The van der Waals surface area contributed by atoms with E-state index in [9.17, 15) is 4.79 Å². The minimum absolute atomic E-state index is 0. The number of carbonyl (C=O) groups is 1. The number of guanidine groups is 1. The van der Waals surface area contributed by atoms with Crippen LogP contribution in [0.25, 0.3) is 0 Å². The molecule has 0 saturated heterocycles. The van der Waals surface area contributed by atoms with Crippen LogP contribution in [0, 0.1) is 0 Å². The summed E-state index contributed by atoms with van der Waals surface area (Å²) in [7, 11) is 3.32. The minimum atomic E-state index is -0.00294. The Morgan fingerprint density at radius 1 is 1.07 bits per heavy atom. The summed E-state index contributed by atoms with van der Waals surface area (Å²) in [6, 6.07) is 15.5. The fourth-order valence-electron chi connectivity index (χ4n) is 2.57. The Morgan fingerprint density at radius 2 is 1.79 bits per heavy atom. The van der Waals surface area contributed by atoms with Crippen LogP contribution in [0.3, 0.4) is 0 Å². The molecule has 3 N–H and O–H groups in total. The van der Waals surface area contributed by atoms with E-state index in [0.717, 1.165) is 23.3 Å². The molecular weight excluding hydrogens is 503 g/mol. The number of aliphatic imine (C=N–C) groups is 1. The van der Waals surface area contributed by atoms with Gasteiger partial charge in [-0.1, -0.05) is 48.0 Å². The Morgan fingerprint density at radius 3 is 2.45 bits per heavy atom. The number of ether oxygens (including phenoxy) is 1. The van der Waals surface area contributed by atoms with Gasteiger partial charge in [-0.2, -0.15) is 0 Å². The third-order valence-corrected chi connectivity index (χ3v) is 4.50. The molecule has 2 aromatic rings. The number of benzene rings is 2. The van der Waals surface area contributed by atoms with Gasteiger partial charge in [0.2, 0.25) is 5.91 Å². The van der Waals surface area contributed by atoms with Crippen LogP contribution < -0.4 is 20.7 Å². The first-order valence-electron chi connectivity index (χ1n) is 9.20. The van der Waals surface area contributed by atoms with Crippen molar-refractivity contribution in [3.8, 4) is 5.75 Å². The predicted octanol–water partition coefficient (Wildman–Crippen LogP) is 3.38. The van der Waals surface area contributed by atoms with E-state index in [1.54, 1.807) is 20.2 Å². The first-order valence-corrected chi connectivity index (χ1v) is 9.57. The molecule has 1 amide bonds. The van der Waals surface area contributed by atoms with E-state index in [1.165, 1.54) is 0 Å². The van der Waals surface area contributed by atoms with Crippen LogP contribution in [0.2, 0.25) is 5.02 Å².